The number of hydrogen-bond donors (Lipinski definition) is 0. The Morgan fingerprint density at radius 2 is 1.66 bits per heavy atom. The molecule has 6 heteroatoms. The van der Waals surface area contributed by atoms with Crippen LogP contribution in [0.15, 0.2) is 54.6 Å². The third-order valence-electron chi connectivity index (χ3n) is 6.12. The first-order valence-electron chi connectivity index (χ1n) is 12.8. The summed E-state index contributed by atoms with van der Waals surface area (Å²) in [7, 11) is 0. The molecule has 1 aromatic heterocycles. The zero-order valence-electron chi connectivity index (χ0n) is 23.4. The largest absolute Gasteiger partial charge is 0.462 e. The Hall–Kier alpha value is -2.73. The van der Waals surface area contributed by atoms with Crippen molar-refractivity contribution in [3.63, 3.8) is 0 Å². The summed E-state index contributed by atoms with van der Waals surface area (Å²) in [4.78, 5) is 17.8. The van der Waals surface area contributed by atoms with Gasteiger partial charge in [0.05, 0.1) is 21.2 Å². The van der Waals surface area contributed by atoms with Crippen molar-refractivity contribution in [2.45, 2.75) is 67.1 Å². The molecule has 0 saturated heterocycles. The van der Waals surface area contributed by atoms with Gasteiger partial charge in [0.25, 0.3) is 0 Å². The number of carbonyl (C=O) groups is 1. The molecule has 3 aromatic carbocycles. The van der Waals surface area contributed by atoms with Crippen LogP contribution < -0.4 is 0 Å². The molecule has 1 heterocycles. The predicted octanol–water partition coefficient (Wildman–Crippen LogP) is 9.35. The summed E-state index contributed by atoms with van der Waals surface area (Å²) < 4.78 is 13.5. The molecule has 0 N–H and O–H groups in total. The van der Waals surface area contributed by atoms with Crippen molar-refractivity contribution in [3.05, 3.63) is 76.3 Å². The number of halogens is 1. The Morgan fingerprint density at radius 1 is 0.974 bits per heavy atom. The van der Waals surface area contributed by atoms with E-state index in [9.17, 15) is 4.79 Å². The minimum atomic E-state index is -0.606. The number of aryl methyl sites for hydroxylation is 2. The van der Waals surface area contributed by atoms with Crippen LogP contribution >= 0.6 is 22.9 Å². The van der Waals surface area contributed by atoms with Gasteiger partial charge in [0, 0.05) is 16.1 Å². The predicted molar refractivity (Wildman–Crippen MR) is 159 cm³/mol. The lowest BCUT2D eigenvalue weighted by atomic mass is 9.91. The molecule has 0 radical (unpaired) electrons. The van der Waals surface area contributed by atoms with Gasteiger partial charge in [-0.05, 0) is 96.3 Å². The van der Waals surface area contributed by atoms with Gasteiger partial charge in [-0.2, -0.15) is 0 Å². The normalized spacial score (nSPS) is 13.1. The number of nitrogens with zero attached hydrogens (tertiary/aromatic N) is 1. The first-order chi connectivity index (χ1) is 17.7. The third kappa shape index (κ3) is 6.45. The highest BCUT2D eigenvalue weighted by molar-refractivity contribution is 7.22. The summed E-state index contributed by atoms with van der Waals surface area (Å²) in [5.41, 5.74) is 6.23. The summed E-state index contributed by atoms with van der Waals surface area (Å²) in [5, 5.41) is 1.63. The summed E-state index contributed by atoms with van der Waals surface area (Å²) >= 11 is 7.94. The van der Waals surface area contributed by atoms with Gasteiger partial charge in [-0.15, -0.1) is 11.3 Å². The molecule has 0 spiro atoms. The van der Waals surface area contributed by atoms with E-state index >= 15 is 0 Å². The molecule has 1 atom stereocenters. The highest BCUT2D eigenvalue weighted by Gasteiger charge is 2.31. The number of thiazole rings is 1. The van der Waals surface area contributed by atoms with E-state index in [1.807, 2.05) is 65.8 Å². The van der Waals surface area contributed by atoms with Crippen LogP contribution in [0.2, 0.25) is 5.02 Å². The second-order valence-electron chi connectivity index (χ2n) is 11.8. The Labute approximate surface area is 235 Å². The van der Waals surface area contributed by atoms with Gasteiger partial charge >= 0.3 is 5.97 Å². The van der Waals surface area contributed by atoms with E-state index in [4.69, 9.17) is 26.1 Å². The second-order valence-corrected chi connectivity index (χ2v) is 13.2. The number of aromatic nitrogens is 1. The van der Waals surface area contributed by atoms with Gasteiger partial charge in [0.15, 0.2) is 0 Å². The van der Waals surface area contributed by atoms with Gasteiger partial charge in [0.1, 0.15) is 17.7 Å². The average molecular weight is 550 g/mol. The Bertz CT molecular complexity index is 1460. The smallest absolute Gasteiger partial charge is 0.311 e. The molecule has 4 rings (SSSR count). The Kier molecular flexibility index (Phi) is 8.04. The van der Waals surface area contributed by atoms with Gasteiger partial charge < -0.3 is 9.47 Å². The average Bonchev–Trinajstić information content (AvgIpc) is 3.24. The van der Waals surface area contributed by atoms with Crippen molar-refractivity contribution >= 4 is 39.1 Å². The van der Waals surface area contributed by atoms with Crippen LogP contribution in [0.25, 0.3) is 31.9 Å². The van der Waals surface area contributed by atoms with Crippen molar-refractivity contribution in [2.75, 3.05) is 6.61 Å². The lowest BCUT2D eigenvalue weighted by molar-refractivity contribution is -0.162. The molecular formula is C32H36ClNO3S. The highest BCUT2D eigenvalue weighted by atomic mass is 35.5. The van der Waals surface area contributed by atoms with Crippen LogP contribution in [-0.2, 0) is 14.3 Å². The molecule has 0 bridgehead atoms. The molecule has 0 aliphatic heterocycles. The van der Waals surface area contributed by atoms with E-state index in [1.54, 1.807) is 11.3 Å². The van der Waals surface area contributed by atoms with Gasteiger partial charge in [-0.25, -0.2) is 4.98 Å². The molecule has 0 unspecified atom stereocenters. The standard InChI is InChI=1S/C32H36ClNO3S/c1-19-10-9-11-22(16-19)29-34-24-17-20(2)26(27(28(24)38-29)21-12-14-23(33)15-13-21)25(37-32(6,7)8)18-36-30(35)31(3,4)5/h9-17,25H,18H2,1-8H3/t25-/m1/s1. The molecule has 0 amide bonds. The zero-order valence-corrected chi connectivity index (χ0v) is 25.0. The zero-order chi connectivity index (χ0) is 27.8. The van der Waals surface area contributed by atoms with Crippen molar-refractivity contribution in [1.82, 2.24) is 4.98 Å². The molecule has 200 valence electrons. The van der Waals surface area contributed by atoms with Gasteiger partial charge in [-0.3, -0.25) is 4.79 Å². The first-order valence-corrected chi connectivity index (χ1v) is 14.0. The number of hydrogen-bond acceptors (Lipinski definition) is 5. The summed E-state index contributed by atoms with van der Waals surface area (Å²) in [6.07, 6.45) is -0.471. The molecular weight excluding hydrogens is 514 g/mol. The van der Waals surface area contributed by atoms with Crippen LogP contribution in [0.3, 0.4) is 0 Å². The molecule has 0 fully saturated rings. The van der Waals surface area contributed by atoms with E-state index < -0.39 is 17.1 Å². The fourth-order valence-electron chi connectivity index (χ4n) is 4.40. The van der Waals surface area contributed by atoms with Gasteiger partial charge in [-0.1, -0.05) is 47.5 Å². The lowest BCUT2D eigenvalue weighted by Crippen LogP contribution is -2.30. The third-order valence-corrected chi connectivity index (χ3v) is 7.51. The maximum Gasteiger partial charge on any atom is 0.311 e. The summed E-state index contributed by atoms with van der Waals surface area (Å²) in [6.45, 7) is 15.9. The van der Waals surface area contributed by atoms with Gasteiger partial charge in [0.2, 0.25) is 0 Å². The molecule has 4 aromatic rings. The number of benzene rings is 3. The topological polar surface area (TPSA) is 48.4 Å². The van der Waals surface area contributed by atoms with Crippen LogP contribution in [-0.4, -0.2) is 23.2 Å². The fraction of sp³-hybridized carbons (Fsp3) is 0.375. The molecule has 0 aliphatic carbocycles. The summed E-state index contributed by atoms with van der Waals surface area (Å²) in [5.74, 6) is -0.258. The first kappa shape index (κ1) is 28.3. The lowest BCUT2D eigenvalue weighted by Gasteiger charge is -2.31. The number of ether oxygens (including phenoxy) is 2. The molecule has 0 saturated carbocycles. The van der Waals surface area contributed by atoms with Crippen molar-refractivity contribution < 1.29 is 14.3 Å². The van der Waals surface area contributed by atoms with Crippen LogP contribution in [0.4, 0.5) is 0 Å². The second kappa shape index (κ2) is 10.8. The molecule has 4 nitrogen and oxygen atoms in total. The van der Waals surface area contributed by atoms with Crippen molar-refractivity contribution in [1.29, 1.82) is 0 Å². The number of fused-ring (bicyclic) bond motifs is 1. The minimum Gasteiger partial charge on any atom is -0.462 e. The fourth-order valence-corrected chi connectivity index (χ4v) is 5.65. The van der Waals surface area contributed by atoms with E-state index in [0.29, 0.717) is 5.02 Å². The van der Waals surface area contributed by atoms with Crippen molar-refractivity contribution in [3.8, 4) is 21.7 Å². The maximum atomic E-state index is 12.7. The van der Waals surface area contributed by atoms with E-state index in [2.05, 4.69) is 44.2 Å². The van der Waals surface area contributed by atoms with E-state index in [1.165, 1.54) is 5.56 Å². The number of carbonyl (C=O) groups excluding carboxylic acids is 1. The summed E-state index contributed by atoms with van der Waals surface area (Å²) in [6, 6.07) is 18.4. The van der Waals surface area contributed by atoms with E-state index in [0.717, 1.165) is 43.0 Å². The van der Waals surface area contributed by atoms with E-state index in [-0.39, 0.29) is 12.6 Å². The maximum absolute atomic E-state index is 12.7. The molecule has 0 aliphatic rings. The quantitative estimate of drug-likeness (QED) is 0.225. The number of esters is 1. The van der Waals surface area contributed by atoms with Crippen molar-refractivity contribution in [2.24, 2.45) is 5.41 Å². The minimum absolute atomic E-state index is 0.115. The SMILES string of the molecule is Cc1cccc(-c2nc3cc(C)c([C@@H](COC(=O)C(C)(C)C)OC(C)(C)C)c(-c4ccc(Cl)cc4)c3s2)c1. The van der Waals surface area contributed by atoms with Crippen LogP contribution in [0.5, 0.6) is 0 Å². The highest BCUT2D eigenvalue weighted by Crippen LogP contribution is 2.44. The monoisotopic (exact) mass is 549 g/mol. The Balaban J connectivity index is 1.95. The van der Waals surface area contributed by atoms with Crippen LogP contribution in [0, 0.1) is 19.3 Å². The Morgan fingerprint density at radius 3 is 2.26 bits per heavy atom. The molecule has 38 heavy (non-hydrogen) atoms. The van der Waals surface area contributed by atoms with Crippen LogP contribution in [0.1, 0.15) is 64.3 Å². The number of rotatable bonds is 6.